The Morgan fingerprint density at radius 1 is 0.605 bits per heavy atom. The van der Waals surface area contributed by atoms with Crippen molar-refractivity contribution in [2.24, 2.45) is 11.8 Å². The van der Waals surface area contributed by atoms with E-state index in [4.69, 9.17) is 9.47 Å². The van der Waals surface area contributed by atoms with Gasteiger partial charge >= 0.3 is 11.9 Å². The van der Waals surface area contributed by atoms with E-state index in [1.807, 2.05) is 60.7 Å². The van der Waals surface area contributed by atoms with Crippen LogP contribution in [0.4, 0.5) is 0 Å². The van der Waals surface area contributed by atoms with Gasteiger partial charge in [-0.3, -0.25) is 9.59 Å². The molecule has 0 amide bonds. The van der Waals surface area contributed by atoms with Crippen molar-refractivity contribution in [3.63, 3.8) is 0 Å². The summed E-state index contributed by atoms with van der Waals surface area (Å²) in [6, 6.07) is 20.6. The summed E-state index contributed by atoms with van der Waals surface area (Å²) in [6.07, 6.45) is 12.1. The number of hydrogen-bond donors (Lipinski definition) is 2. The maximum Gasteiger partial charge on any atom is 0.323 e. The SMILES string of the molecule is O=C(OCc1ccccc1)[C@@H]1C[C@@H]2CCCC[C@H]2N1.O=C(OCc1ccccc1)[C@@H]1C[C@H]2CCCC[C@@H]2N1. The highest BCUT2D eigenvalue weighted by molar-refractivity contribution is 5.76. The van der Waals surface area contributed by atoms with E-state index in [1.54, 1.807) is 0 Å². The molecule has 2 heterocycles. The van der Waals surface area contributed by atoms with Gasteiger partial charge in [0.2, 0.25) is 0 Å². The molecule has 2 aliphatic carbocycles. The minimum atomic E-state index is -0.0863. The Bertz CT molecular complexity index is 919. The molecule has 2 N–H and O–H groups in total. The molecule has 2 aliphatic heterocycles. The van der Waals surface area contributed by atoms with Crippen LogP contribution in [0.5, 0.6) is 0 Å². The third-order valence-corrected chi connectivity index (χ3v) is 8.74. The van der Waals surface area contributed by atoms with Gasteiger partial charge < -0.3 is 20.1 Å². The summed E-state index contributed by atoms with van der Waals surface area (Å²) in [6.45, 7) is 0.764. The largest absolute Gasteiger partial charge is 0.460 e. The van der Waals surface area contributed by atoms with E-state index in [-0.39, 0.29) is 24.0 Å². The number of fused-ring (bicyclic) bond motifs is 2. The Morgan fingerprint density at radius 3 is 1.39 bits per heavy atom. The van der Waals surface area contributed by atoms with Crippen LogP contribution < -0.4 is 10.6 Å². The van der Waals surface area contributed by atoms with Crippen molar-refractivity contribution < 1.29 is 19.1 Å². The molecule has 2 aromatic rings. The number of nitrogens with one attached hydrogen (secondary N) is 2. The fourth-order valence-corrected chi connectivity index (χ4v) is 6.66. The number of esters is 2. The maximum atomic E-state index is 12.1. The lowest BCUT2D eigenvalue weighted by Crippen LogP contribution is -2.37. The van der Waals surface area contributed by atoms with Gasteiger partial charge in [-0.1, -0.05) is 86.3 Å². The first-order valence-corrected chi connectivity index (χ1v) is 14.6. The molecule has 2 saturated heterocycles. The van der Waals surface area contributed by atoms with E-state index in [0.29, 0.717) is 37.1 Å². The van der Waals surface area contributed by atoms with Gasteiger partial charge in [0.1, 0.15) is 25.3 Å². The van der Waals surface area contributed by atoms with E-state index < -0.39 is 0 Å². The zero-order valence-corrected chi connectivity index (χ0v) is 22.4. The minimum Gasteiger partial charge on any atom is -0.460 e. The highest BCUT2D eigenvalue weighted by atomic mass is 16.5. The fourth-order valence-electron chi connectivity index (χ4n) is 6.66. The van der Waals surface area contributed by atoms with Gasteiger partial charge in [-0.25, -0.2) is 0 Å². The Morgan fingerprint density at radius 2 is 1.00 bits per heavy atom. The molecule has 204 valence electrons. The summed E-state index contributed by atoms with van der Waals surface area (Å²) in [4.78, 5) is 24.2. The number of ether oxygens (including phenoxy) is 2. The van der Waals surface area contributed by atoms with E-state index in [9.17, 15) is 9.59 Å². The quantitative estimate of drug-likeness (QED) is 0.506. The number of benzene rings is 2. The third-order valence-electron chi connectivity index (χ3n) is 8.74. The summed E-state index contributed by atoms with van der Waals surface area (Å²) in [5, 5.41) is 6.91. The molecular formula is C32H42N2O4. The first kappa shape index (κ1) is 26.9. The minimum absolute atomic E-state index is 0.0850. The van der Waals surface area contributed by atoms with E-state index in [0.717, 1.165) is 24.0 Å². The zero-order valence-electron chi connectivity index (χ0n) is 22.4. The fraction of sp³-hybridized carbons (Fsp3) is 0.562. The standard InChI is InChI=1S/2C16H21NO2/c2*18-16(19-11-12-6-2-1-3-7-12)15-10-13-8-4-5-9-14(13)17-15/h2*1-3,6-7,13-15,17H,4-5,8-11H2/t13-,14+,15+;13-,14+,15-/m10/s1. The van der Waals surface area contributed by atoms with Crippen LogP contribution in [0.3, 0.4) is 0 Å². The van der Waals surface area contributed by atoms with Crippen LogP contribution in [0.2, 0.25) is 0 Å². The van der Waals surface area contributed by atoms with Crippen LogP contribution in [0.25, 0.3) is 0 Å². The highest BCUT2D eigenvalue weighted by Gasteiger charge is 2.40. The topological polar surface area (TPSA) is 76.7 Å². The van der Waals surface area contributed by atoms with E-state index >= 15 is 0 Å². The number of rotatable bonds is 6. The Balaban J connectivity index is 0.000000155. The monoisotopic (exact) mass is 518 g/mol. The molecule has 0 spiro atoms. The van der Waals surface area contributed by atoms with Gasteiger partial charge in [-0.05, 0) is 61.5 Å². The molecule has 4 aliphatic rings. The smallest absolute Gasteiger partial charge is 0.323 e. The molecule has 2 aromatic carbocycles. The molecule has 0 bridgehead atoms. The van der Waals surface area contributed by atoms with Crippen molar-refractivity contribution in [3.05, 3.63) is 71.8 Å². The molecule has 6 nitrogen and oxygen atoms in total. The summed E-state index contributed by atoms with van der Waals surface area (Å²) >= 11 is 0. The van der Waals surface area contributed by atoms with Crippen molar-refractivity contribution >= 4 is 11.9 Å². The average Bonchev–Trinajstić information content (AvgIpc) is 3.61. The molecule has 0 unspecified atom stereocenters. The molecule has 6 heteroatoms. The van der Waals surface area contributed by atoms with Gasteiger partial charge in [-0.2, -0.15) is 0 Å². The van der Waals surface area contributed by atoms with E-state index in [1.165, 1.54) is 51.4 Å². The van der Waals surface area contributed by atoms with Gasteiger partial charge in [0.05, 0.1) is 0 Å². The summed E-state index contributed by atoms with van der Waals surface area (Å²) in [5.41, 5.74) is 2.09. The van der Waals surface area contributed by atoms with Crippen molar-refractivity contribution in [2.75, 3.05) is 0 Å². The average molecular weight is 519 g/mol. The van der Waals surface area contributed by atoms with Crippen LogP contribution in [-0.2, 0) is 32.3 Å². The number of hydrogen-bond acceptors (Lipinski definition) is 6. The Hall–Kier alpha value is -2.70. The lowest BCUT2D eigenvalue weighted by molar-refractivity contribution is -0.148. The van der Waals surface area contributed by atoms with Crippen molar-refractivity contribution in [3.8, 4) is 0 Å². The first-order valence-electron chi connectivity index (χ1n) is 14.6. The summed E-state index contributed by atoms with van der Waals surface area (Å²) in [5.74, 6) is 1.20. The number of carbonyl (C=O) groups is 2. The lowest BCUT2D eigenvalue weighted by atomic mass is 9.85. The highest BCUT2D eigenvalue weighted by Crippen LogP contribution is 2.34. The predicted molar refractivity (Wildman–Crippen MR) is 147 cm³/mol. The zero-order chi connectivity index (χ0) is 26.2. The second kappa shape index (κ2) is 13.4. The van der Waals surface area contributed by atoms with Crippen LogP contribution in [0.15, 0.2) is 60.7 Å². The van der Waals surface area contributed by atoms with Crippen molar-refractivity contribution in [1.82, 2.24) is 10.6 Å². The molecule has 0 radical (unpaired) electrons. The van der Waals surface area contributed by atoms with Gasteiger partial charge in [0.25, 0.3) is 0 Å². The van der Waals surface area contributed by atoms with Gasteiger partial charge in [0.15, 0.2) is 0 Å². The van der Waals surface area contributed by atoms with Crippen molar-refractivity contribution in [1.29, 1.82) is 0 Å². The molecule has 2 saturated carbocycles. The van der Waals surface area contributed by atoms with Crippen LogP contribution in [-0.4, -0.2) is 36.1 Å². The van der Waals surface area contributed by atoms with Crippen LogP contribution >= 0.6 is 0 Å². The second-order valence-electron chi connectivity index (χ2n) is 11.4. The summed E-state index contributed by atoms with van der Waals surface area (Å²) in [7, 11) is 0. The lowest BCUT2D eigenvalue weighted by Gasteiger charge is -2.24. The van der Waals surface area contributed by atoms with E-state index in [2.05, 4.69) is 10.6 Å². The predicted octanol–water partition coefficient (Wildman–Crippen LogP) is 5.30. The second-order valence-corrected chi connectivity index (χ2v) is 11.4. The summed E-state index contributed by atoms with van der Waals surface area (Å²) < 4.78 is 10.8. The molecule has 0 aromatic heterocycles. The molecule has 6 rings (SSSR count). The van der Waals surface area contributed by atoms with Crippen LogP contribution in [0, 0.1) is 11.8 Å². The molecule has 6 atom stereocenters. The molecular weight excluding hydrogens is 476 g/mol. The third kappa shape index (κ3) is 7.23. The first-order chi connectivity index (χ1) is 18.7. The van der Waals surface area contributed by atoms with Crippen LogP contribution in [0.1, 0.15) is 75.3 Å². The molecule has 4 fully saturated rings. The van der Waals surface area contributed by atoms with Crippen molar-refractivity contribution in [2.45, 2.75) is 102 Å². The normalized spacial score (nSPS) is 29.8. The van der Waals surface area contributed by atoms with Gasteiger partial charge in [-0.15, -0.1) is 0 Å². The molecule has 38 heavy (non-hydrogen) atoms. The Labute approximate surface area is 226 Å². The number of carbonyl (C=O) groups excluding carboxylic acids is 2. The maximum absolute atomic E-state index is 12.1. The Kier molecular flexibility index (Phi) is 9.47. The van der Waals surface area contributed by atoms with Gasteiger partial charge in [0, 0.05) is 12.1 Å².